The van der Waals surface area contributed by atoms with E-state index in [1.54, 1.807) is 6.07 Å². The summed E-state index contributed by atoms with van der Waals surface area (Å²) in [4.78, 5) is 14.0. The van der Waals surface area contributed by atoms with Crippen molar-refractivity contribution in [3.05, 3.63) is 56.4 Å². The standard InChI is InChI=1S/C12H5BrFN3O3/c13-8-4-10(17(18)19)11(5-9(8)14)20-12-3-1-2-7(6-15)16-12/h1-5H. The van der Waals surface area contributed by atoms with Crippen molar-refractivity contribution in [1.82, 2.24) is 4.98 Å². The van der Waals surface area contributed by atoms with Crippen LogP contribution in [0.2, 0.25) is 0 Å². The first kappa shape index (κ1) is 13.9. The van der Waals surface area contributed by atoms with Gasteiger partial charge in [-0.1, -0.05) is 6.07 Å². The molecule has 0 saturated heterocycles. The molecule has 0 atom stereocenters. The zero-order chi connectivity index (χ0) is 14.7. The second-order valence-corrected chi connectivity index (χ2v) is 4.42. The Morgan fingerprint density at radius 3 is 2.85 bits per heavy atom. The SMILES string of the molecule is N#Cc1cccc(Oc2cc(F)c(Br)cc2[N+](=O)[O-])n1. The highest BCUT2D eigenvalue weighted by atomic mass is 79.9. The van der Waals surface area contributed by atoms with E-state index in [1.165, 1.54) is 18.2 Å². The number of nitriles is 1. The first-order valence-corrected chi connectivity index (χ1v) is 5.99. The predicted octanol–water partition coefficient (Wildman–Crippen LogP) is 3.56. The fraction of sp³-hybridized carbons (Fsp3) is 0. The van der Waals surface area contributed by atoms with Crippen LogP contribution in [0.4, 0.5) is 10.1 Å². The summed E-state index contributed by atoms with van der Waals surface area (Å²) in [6, 6.07) is 8.04. The lowest BCUT2D eigenvalue weighted by Gasteiger charge is -2.06. The molecule has 0 saturated carbocycles. The highest BCUT2D eigenvalue weighted by Crippen LogP contribution is 2.34. The van der Waals surface area contributed by atoms with Gasteiger partial charge < -0.3 is 4.74 Å². The zero-order valence-corrected chi connectivity index (χ0v) is 11.3. The molecule has 0 N–H and O–H groups in total. The van der Waals surface area contributed by atoms with Crippen molar-refractivity contribution in [3.8, 4) is 17.7 Å². The van der Waals surface area contributed by atoms with Gasteiger partial charge in [0.15, 0.2) is 0 Å². The Bertz CT molecular complexity index is 730. The number of nitro groups is 1. The summed E-state index contributed by atoms with van der Waals surface area (Å²) in [5.41, 5.74) is -0.329. The van der Waals surface area contributed by atoms with Gasteiger partial charge in [0.05, 0.1) is 9.40 Å². The fourth-order valence-corrected chi connectivity index (χ4v) is 1.72. The third kappa shape index (κ3) is 2.89. The molecular weight excluding hydrogens is 333 g/mol. The van der Waals surface area contributed by atoms with Crippen molar-refractivity contribution in [2.75, 3.05) is 0 Å². The lowest BCUT2D eigenvalue weighted by Crippen LogP contribution is -1.97. The van der Waals surface area contributed by atoms with Gasteiger partial charge in [0, 0.05) is 18.2 Å². The number of nitrogens with zero attached hydrogens (tertiary/aromatic N) is 3. The maximum Gasteiger partial charge on any atom is 0.312 e. The molecule has 0 aliphatic carbocycles. The molecule has 0 aliphatic rings. The number of benzene rings is 1. The van der Waals surface area contributed by atoms with Crippen molar-refractivity contribution in [1.29, 1.82) is 5.26 Å². The van der Waals surface area contributed by atoms with E-state index in [4.69, 9.17) is 10.00 Å². The van der Waals surface area contributed by atoms with Crippen molar-refractivity contribution in [3.63, 3.8) is 0 Å². The number of ether oxygens (including phenoxy) is 1. The number of hydrogen-bond donors (Lipinski definition) is 0. The van der Waals surface area contributed by atoms with Crippen LogP contribution in [0.1, 0.15) is 5.69 Å². The molecular formula is C12H5BrFN3O3. The molecule has 0 radical (unpaired) electrons. The van der Waals surface area contributed by atoms with Gasteiger partial charge in [0.25, 0.3) is 0 Å². The highest BCUT2D eigenvalue weighted by molar-refractivity contribution is 9.10. The predicted molar refractivity (Wildman–Crippen MR) is 69.8 cm³/mol. The monoisotopic (exact) mass is 337 g/mol. The molecule has 0 fully saturated rings. The van der Waals surface area contributed by atoms with Gasteiger partial charge in [0.1, 0.15) is 17.6 Å². The van der Waals surface area contributed by atoms with Gasteiger partial charge in [-0.05, 0) is 22.0 Å². The maximum atomic E-state index is 13.4. The first-order chi connectivity index (χ1) is 9.51. The van der Waals surface area contributed by atoms with Crippen LogP contribution in [0.15, 0.2) is 34.8 Å². The summed E-state index contributed by atoms with van der Waals surface area (Å²) in [6.45, 7) is 0. The Balaban J connectivity index is 2.45. The summed E-state index contributed by atoms with van der Waals surface area (Å²) >= 11 is 2.86. The molecule has 2 rings (SSSR count). The summed E-state index contributed by atoms with van der Waals surface area (Å²) in [5, 5.41) is 19.6. The van der Waals surface area contributed by atoms with Crippen LogP contribution < -0.4 is 4.74 Å². The Labute approximate surface area is 120 Å². The van der Waals surface area contributed by atoms with E-state index >= 15 is 0 Å². The zero-order valence-electron chi connectivity index (χ0n) is 9.71. The minimum absolute atomic E-state index is 0.0335. The molecule has 0 spiro atoms. The molecule has 2 aromatic rings. The van der Waals surface area contributed by atoms with E-state index in [0.29, 0.717) is 0 Å². The molecule has 6 nitrogen and oxygen atoms in total. The molecule has 100 valence electrons. The Morgan fingerprint density at radius 2 is 2.20 bits per heavy atom. The summed E-state index contributed by atoms with van der Waals surface area (Å²) < 4.78 is 18.6. The molecule has 1 heterocycles. The highest BCUT2D eigenvalue weighted by Gasteiger charge is 2.20. The number of rotatable bonds is 3. The van der Waals surface area contributed by atoms with Gasteiger partial charge in [-0.3, -0.25) is 10.1 Å². The van der Waals surface area contributed by atoms with E-state index in [9.17, 15) is 14.5 Å². The Kier molecular flexibility index (Phi) is 3.91. The van der Waals surface area contributed by atoms with E-state index < -0.39 is 16.4 Å². The van der Waals surface area contributed by atoms with Crippen LogP contribution in [0.3, 0.4) is 0 Å². The minimum atomic E-state index is -0.706. The third-order valence-corrected chi connectivity index (χ3v) is 2.86. The summed E-state index contributed by atoms with van der Waals surface area (Å²) in [6.07, 6.45) is 0. The Morgan fingerprint density at radius 1 is 1.45 bits per heavy atom. The van der Waals surface area contributed by atoms with Gasteiger partial charge in [-0.2, -0.15) is 5.26 Å². The first-order valence-electron chi connectivity index (χ1n) is 5.19. The smallest absolute Gasteiger partial charge is 0.312 e. The van der Waals surface area contributed by atoms with Crippen molar-refractivity contribution in [2.45, 2.75) is 0 Å². The second-order valence-electron chi connectivity index (χ2n) is 3.57. The number of halogens is 2. The van der Waals surface area contributed by atoms with Crippen LogP contribution in [0, 0.1) is 27.3 Å². The minimum Gasteiger partial charge on any atom is -0.432 e. The lowest BCUT2D eigenvalue weighted by atomic mass is 10.3. The van der Waals surface area contributed by atoms with Gasteiger partial charge in [-0.25, -0.2) is 9.37 Å². The van der Waals surface area contributed by atoms with Crippen LogP contribution in [0.25, 0.3) is 0 Å². The molecule has 0 aliphatic heterocycles. The van der Waals surface area contributed by atoms with Crippen molar-refractivity contribution < 1.29 is 14.1 Å². The molecule has 8 heteroatoms. The van der Waals surface area contributed by atoms with Crippen LogP contribution in [0.5, 0.6) is 11.6 Å². The van der Waals surface area contributed by atoms with Crippen molar-refractivity contribution >= 4 is 21.6 Å². The Hall–Kier alpha value is -2.53. The largest absolute Gasteiger partial charge is 0.432 e. The van der Waals surface area contributed by atoms with Gasteiger partial charge in [0.2, 0.25) is 11.6 Å². The molecule has 0 unspecified atom stereocenters. The second kappa shape index (κ2) is 5.63. The van der Waals surface area contributed by atoms with Crippen LogP contribution in [-0.4, -0.2) is 9.91 Å². The van der Waals surface area contributed by atoms with Crippen molar-refractivity contribution in [2.24, 2.45) is 0 Å². The normalized spacial score (nSPS) is 9.85. The van der Waals surface area contributed by atoms with Gasteiger partial charge >= 0.3 is 5.69 Å². The molecule has 1 aromatic carbocycles. The topological polar surface area (TPSA) is 89.0 Å². The lowest BCUT2D eigenvalue weighted by molar-refractivity contribution is -0.385. The third-order valence-electron chi connectivity index (χ3n) is 2.25. The number of aromatic nitrogens is 1. The van der Waals surface area contributed by atoms with Gasteiger partial charge in [-0.15, -0.1) is 0 Å². The molecule has 1 aromatic heterocycles. The number of hydrogen-bond acceptors (Lipinski definition) is 5. The fourth-order valence-electron chi connectivity index (χ4n) is 1.39. The number of nitro benzene ring substituents is 1. The van der Waals surface area contributed by atoms with E-state index in [0.717, 1.165) is 12.1 Å². The summed E-state index contributed by atoms with van der Waals surface area (Å²) in [7, 11) is 0. The maximum absolute atomic E-state index is 13.4. The quantitative estimate of drug-likeness (QED) is 0.631. The molecule has 0 bridgehead atoms. The van der Waals surface area contributed by atoms with Crippen LogP contribution in [-0.2, 0) is 0 Å². The number of pyridine rings is 1. The van der Waals surface area contributed by atoms with E-state index in [-0.39, 0.29) is 21.8 Å². The van der Waals surface area contributed by atoms with Crippen LogP contribution >= 0.6 is 15.9 Å². The molecule has 20 heavy (non-hydrogen) atoms. The molecule has 0 amide bonds. The summed E-state index contributed by atoms with van der Waals surface area (Å²) in [5.74, 6) is -1.03. The average Bonchev–Trinajstić information content (AvgIpc) is 2.42. The van der Waals surface area contributed by atoms with E-state index in [2.05, 4.69) is 20.9 Å². The average molecular weight is 338 g/mol. The van der Waals surface area contributed by atoms with E-state index in [1.807, 2.05) is 0 Å².